The third-order valence-corrected chi connectivity index (χ3v) is 3.44. The van der Waals surface area contributed by atoms with Gasteiger partial charge in [0.2, 0.25) is 10.0 Å². The molecular weight excluding hydrogens is 299 g/mol. The van der Waals surface area contributed by atoms with E-state index in [1.807, 2.05) is 0 Å². The number of aliphatic hydroxyl groups is 1. The summed E-state index contributed by atoms with van der Waals surface area (Å²) in [6.45, 7) is 2.50. The van der Waals surface area contributed by atoms with Crippen molar-refractivity contribution in [2.24, 2.45) is 0 Å². The molecule has 0 atom stereocenters. The molecule has 9 heteroatoms. The van der Waals surface area contributed by atoms with Crippen molar-refractivity contribution in [3.63, 3.8) is 0 Å². The largest absolute Gasteiger partial charge is 0.573 e. The second-order valence-corrected chi connectivity index (χ2v) is 6.43. The zero-order valence-corrected chi connectivity index (χ0v) is 11.5. The van der Waals surface area contributed by atoms with Crippen LogP contribution in [0.2, 0.25) is 0 Å². The predicted octanol–water partition coefficient (Wildman–Crippen LogP) is 1.63. The summed E-state index contributed by atoms with van der Waals surface area (Å²) in [6.07, 6.45) is -4.90. The van der Waals surface area contributed by atoms with E-state index < -0.39 is 27.7 Å². The van der Waals surface area contributed by atoms with Gasteiger partial charge < -0.3 is 9.84 Å². The molecule has 1 rings (SSSR count). The Morgan fingerprint density at radius 2 is 1.90 bits per heavy atom. The monoisotopic (exact) mass is 313 g/mol. The first-order valence-corrected chi connectivity index (χ1v) is 6.95. The summed E-state index contributed by atoms with van der Waals surface area (Å²) >= 11 is 0. The smallest absolute Gasteiger partial charge is 0.406 e. The molecule has 0 aliphatic heterocycles. The Labute approximate surface area is 114 Å². The van der Waals surface area contributed by atoms with Crippen molar-refractivity contribution in [3.8, 4) is 5.75 Å². The van der Waals surface area contributed by atoms with Crippen LogP contribution in [0.15, 0.2) is 29.2 Å². The van der Waals surface area contributed by atoms with Crippen LogP contribution in [0.4, 0.5) is 13.2 Å². The zero-order chi connectivity index (χ0) is 15.6. The van der Waals surface area contributed by atoms with Crippen LogP contribution in [-0.4, -0.2) is 32.0 Å². The molecule has 1 aromatic carbocycles. The highest BCUT2D eigenvalue weighted by atomic mass is 32.2. The van der Waals surface area contributed by atoms with Gasteiger partial charge in [-0.3, -0.25) is 0 Å². The van der Waals surface area contributed by atoms with Crippen molar-refractivity contribution >= 4 is 10.0 Å². The lowest BCUT2D eigenvalue weighted by atomic mass is 10.1. The van der Waals surface area contributed by atoms with E-state index in [0.29, 0.717) is 0 Å². The normalized spacial score (nSPS) is 13.3. The summed E-state index contributed by atoms with van der Waals surface area (Å²) in [5.41, 5.74) is -1.28. The van der Waals surface area contributed by atoms with Gasteiger partial charge in [-0.1, -0.05) is 6.07 Å². The van der Waals surface area contributed by atoms with E-state index in [9.17, 15) is 26.7 Å². The van der Waals surface area contributed by atoms with E-state index in [4.69, 9.17) is 0 Å². The van der Waals surface area contributed by atoms with E-state index in [-0.39, 0.29) is 11.4 Å². The quantitative estimate of drug-likeness (QED) is 0.866. The molecule has 20 heavy (non-hydrogen) atoms. The minimum atomic E-state index is -4.90. The summed E-state index contributed by atoms with van der Waals surface area (Å²) in [5.74, 6) is -0.636. The summed E-state index contributed by atoms with van der Waals surface area (Å²) in [6, 6.07) is 3.98. The highest BCUT2D eigenvalue weighted by Crippen LogP contribution is 2.24. The first-order chi connectivity index (χ1) is 8.89. The van der Waals surface area contributed by atoms with Gasteiger partial charge in [0.25, 0.3) is 0 Å². The van der Waals surface area contributed by atoms with Crippen LogP contribution in [0.1, 0.15) is 13.8 Å². The number of hydrogen-bond donors (Lipinski definition) is 2. The van der Waals surface area contributed by atoms with Crippen LogP contribution in [0.3, 0.4) is 0 Å². The van der Waals surface area contributed by atoms with Crippen molar-refractivity contribution in [1.29, 1.82) is 0 Å². The first-order valence-electron chi connectivity index (χ1n) is 5.47. The number of hydrogen-bond acceptors (Lipinski definition) is 4. The van der Waals surface area contributed by atoms with Crippen molar-refractivity contribution in [2.75, 3.05) is 6.54 Å². The fourth-order valence-corrected chi connectivity index (χ4v) is 2.43. The summed E-state index contributed by atoms with van der Waals surface area (Å²) < 4.78 is 65.6. The molecule has 1 aromatic rings. The summed E-state index contributed by atoms with van der Waals surface area (Å²) in [7, 11) is -4.03. The van der Waals surface area contributed by atoms with Crippen molar-refractivity contribution in [1.82, 2.24) is 4.72 Å². The topological polar surface area (TPSA) is 75.6 Å². The Balaban J connectivity index is 2.93. The Hall–Kier alpha value is -1.32. The Kier molecular flexibility index (Phi) is 4.67. The number of halogens is 3. The molecule has 0 aliphatic carbocycles. The molecule has 0 saturated heterocycles. The Bertz CT molecular complexity index is 564. The minimum Gasteiger partial charge on any atom is -0.406 e. The molecule has 0 bridgehead atoms. The number of nitrogens with one attached hydrogen (secondary N) is 1. The number of ether oxygens (including phenoxy) is 1. The maximum absolute atomic E-state index is 12.1. The number of sulfonamides is 1. The maximum Gasteiger partial charge on any atom is 0.573 e. The molecular formula is C11H14F3NO4S. The molecule has 114 valence electrons. The lowest BCUT2D eigenvalue weighted by Gasteiger charge is -2.18. The molecule has 0 radical (unpaired) electrons. The van der Waals surface area contributed by atoms with Crippen molar-refractivity contribution in [3.05, 3.63) is 24.3 Å². The van der Waals surface area contributed by atoms with Gasteiger partial charge in [-0.05, 0) is 26.0 Å². The molecule has 0 fully saturated rings. The van der Waals surface area contributed by atoms with Crippen LogP contribution in [0.5, 0.6) is 5.75 Å². The van der Waals surface area contributed by atoms with Gasteiger partial charge in [-0.25, -0.2) is 13.1 Å². The van der Waals surface area contributed by atoms with Crippen LogP contribution in [0.25, 0.3) is 0 Å². The molecule has 2 N–H and O–H groups in total. The fourth-order valence-electron chi connectivity index (χ4n) is 1.19. The molecule has 0 aliphatic rings. The van der Waals surface area contributed by atoms with E-state index in [2.05, 4.69) is 9.46 Å². The molecule has 5 nitrogen and oxygen atoms in total. The van der Waals surface area contributed by atoms with Gasteiger partial charge in [-0.2, -0.15) is 0 Å². The van der Waals surface area contributed by atoms with Crippen LogP contribution in [-0.2, 0) is 10.0 Å². The van der Waals surface area contributed by atoms with E-state index in [1.54, 1.807) is 0 Å². The van der Waals surface area contributed by atoms with Gasteiger partial charge in [0.1, 0.15) is 5.75 Å². The van der Waals surface area contributed by atoms with Gasteiger partial charge in [0, 0.05) is 12.6 Å². The van der Waals surface area contributed by atoms with E-state index in [1.165, 1.54) is 13.8 Å². The lowest BCUT2D eigenvalue weighted by Crippen LogP contribution is -2.38. The number of benzene rings is 1. The summed E-state index contributed by atoms with van der Waals surface area (Å²) in [4.78, 5) is -0.386. The average Bonchev–Trinajstić information content (AvgIpc) is 2.24. The van der Waals surface area contributed by atoms with Gasteiger partial charge in [0.15, 0.2) is 0 Å². The lowest BCUT2D eigenvalue weighted by molar-refractivity contribution is -0.274. The summed E-state index contributed by atoms with van der Waals surface area (Å²) in [5, 5.41) is 9.43. The Morgan fingerprint density at radius 3 is 2.40 bits per heavy atom. The van der Waals surface area contributed by atoms with Crippen molar-refractivity contribution in [2.45, 2.75) is 30.7 Å². The Morgan fingerprint density at radius 1 is 1.30 bits per heavy atom. The third kappa shape index (κ3) is 5.76. The first kappa shape index (κ1) is 16.7. The molecule has 0 amide bonds. The van der Waals surface area contributed by atoms with E-state index >= 15 is 0 Å². The highest BCUT2D eigenvalue weighted by Gasteiger charge is 2.31. The SMILES string of the molecule is CC(C)(O)CNS(=O)(=O)c1cccc(OC(F)(F)F)c1. The molecule has 0 saturated carbocycles. The second-order valence-electron chi connectivity index (χ2n) is 4.66. The van der Waals surface area contributed by atoms with Crippen LogP contribution >= 0.6 is 0 Å². The average molecular weight is 313 g/mol. The number of rotatable bonds is 5. The van der Waals surface area contributed by atoms with Gasteiger partial charge >= 0.3 is 6.36 Å². The standard InChI is InChI=1S/C11H14F3NO4S/c1-10(2,16)7-15-20(17,18)9-5-3-4-8(6-9)19-11(12,13)14/h3-6,15-16H,7H2,1-2H3. The van der Waals surface area contributed by atoms with Gasteiger partial charge in [0.05, 0.1) is 10.5 Å². The fraction of sp³-hybridized carbons (Fsp3) is 0.455. The van der Waals surface area contributed by atoms with Crippen molar-refractivity contribution < 1.29 is 31.4 Å². The third-order valence-electron chi connectivity index (χ3n) is 2.04. The highest BCUT2D eigenvalue weighted by molar-refractivity contribution is 7.89. The van der Waals surface area contributed by atoms with E-state index in [0.717, 1.165) is 24.3 Å². The van der Waals surface area contributed by atoms with Gasteiger partial charge in [-0.15, -0.1) is 13.2 Å². The zero-order valence-electron chi connectivity index (χ0n) is 10.7. The van der Waals surface area contributed by atoms with Crippen LogP contribution in [0, 0.1) is 0 Å². The molecule has 0 aromatic heterocycles. The molecule has 0 spiro atoms. The maximum atomic E-state index is 12.1. The predicted molar refractivity (Wildman–Crippen MR) is 64.6 cm³/mol. The molecule has 0 heterocycles. The second kappa shape index (κ2) is 5.58. The minimum absolute atomic E-state index is 0.278. The number of alkyl halides is 3. The van der Waals surface area contributed by atoms with Crippen LogP contribution < -0.4 is 9.46 Å². The molecule has 0 unspecified atom stereocenters.